The molecule has 1 rings (SSSR count). The summed E-state index contributed by atoms with van der Waals surface area (Å²) in [5.74, 6) is 0.472. The van der Waals surface area contributed by atoms with Crippen LogP contribution >= 0.6 is 0 Å². The Morgan fingerprint density at radius 2 is 1.88 bits per heavy atom. The van der Waals surface area contributed by atoms with E-state index >= 15 is 0 Å². The van der Waals surface area contributed by atoms with Gasteiger partial charge in [0.15, 0.2) is 6.10 Å². The van der Waals surface area contributed by atoms with Gasteiger partial charge in [-0.3, -0.25) is 4.79 Å². The average Bonchev–Trinajstić information content (AvgIpc) is 2.22. The molecule has 1 atom stereocenters. The third-order valence-electron chi connectivity index (χ3n) is 2.72. The highest BCUT2D eigenvalue weighted by Gasteiger charge is 2.16. The first-order valence-electron chi connectivity index (χ1n) is 5.69. The number of rotatable bonds is 4. The maximum atomic E-state index is 11.0. The highest BCUT2D eigenvalue weighted by Crippen LogP contribution is 2.31. The number of amides is 1. The van der Waals surface area contributed by atoms with E-state index in [0.717, 1.165) is 16.8 Å². The predicted molar refractivity (Wildman–Crippen MR) is 69.0 cm³/mol. The van der Waals surface area contributed by atoms with Gasteiger partial charge in [0.2, 0.25) is 0 Å². The molecular formula is C13H20N2O2. The van der Waals surface area contributed by atoms with Gasteiger partial charge in [0.05, 0.1) is 0 Å². The minimum atomic E-state index is -0.643. The summed E-state index contributed by atoms with van der Waals surface area (Å²) in [5.41, 5.74) is 13.7. The van der Waals surface area contributed by atoms with Crippen molar-refractivity contribution in [2.75, 3.05) is 5.73 Å². The molecule has 0 bridgehead atoms. The van der Waals surface area contributed by atoms with Gasteiger partial charge in [-0.15, -0.1) is 0 Å². The maximum absolute atomic E-state index is 11.0. The summed E-state index contributed by atoms with van der Waals surface area (Å²) in [5, 5.41) is 0. The normalized spacial score (nSPS) is 12.5. The van der Waals surface area contributed by atoms with Gasteiger partial charge in [0.25, 0.3) is 5.91 Å². The van der Waals surface area contributed by atoms with Crippen molar-refractivity contribution < 1.29 is 9.53 Å². The van der Waals surface area contributed by atoms with Crippen LogP contribution in [-0.4, -0.2) is 12.0 Å². The van der Waals surface area contributed by atoms with Crippen LogP contribution in [0.1, 0.15) is 37.8 Å². The highest BCUT2D eigenvalue weighted by atomic mass is 16.5. The molecule has 0 fully saturated rings. The van der Waals surface area contributed by atoms with Crippen LogP contribution < -0.4 is 16.2 Å². The summed E-state index contributed by atoms with van der Waals surface area (Å²) < 4.78 is 5.57. The Labute approximate surface area is 102 Å². The molecule has 1 amide bonds. The van der Waals surface area contributed by atoms with E-state index in [4.69, 9.17) is 16.2 Å². The first-order valence-corrected chi connectivity index (χ1v) is 5.69. The lowest BCUT2D eigenvalue weighted by atomic mass is 9.99. The molecule has 1 aromatic carbocycles. The Morgan fingerprint density at radius 3 is 2.35 bits per heavy atom. The molecule has 94 valence electrons. The van der Waals surface area contributed by atoms with E-state index in [-0.39, 0.29) is 5.92 Å². The van der Waals surface area contributed by atoms with E-state index in [1.54, 1.807) is 6.92 Å². The van der Waals surface area contributed by atoms with Crippen molar-refractivity contribution in [3.63, 3.8) is 0 Å². The molecule has 1 aromatic rings. The molecular weight excluding hydrogens is 216 g/mol. The number of primary amides is 1. The zero-order valence-corrected chi connectivity index (χ0v) is 10.8. The fourth-order valence-electron chi connectivity index (χ4n) is 1.52. The van der Waals surface area contributed by atoms with Crippen LogP contribution in [0.4, 0.5) is 5.69 Å². The van der Waals surface area contributed by atoms with Gasteiger partial charge < -0.3 is 16.2 Å². The van der Waals surface area contributed by atoms with E-state index in [9.17, 15) is 4.79 Å². The standard InChI is InChI=1S/C13H20N2O2/c1-7(2)10-6-11(14)8(3)5-12(10)17-9(4)13(15)16/h5-7,9H,14H2,1-4H3,(H2,15,16). The summed E-state index contributed by atoms with van der Waals surface area (Å²) in [7, 11) is 0. The summed E-state index contributed by atoms with van der Waals surface area (Å²) >= 11 is 0. The third kappa shape index (κ3) is 3.12. The van der Waals surface area contributed by atoms with Gasteiger partial charge >= 0.3 is 0 Å². The molecule has 0 saturated heterocycles. The number of aryl methyl sites for hydroxylation is 1. The van der Waals surface area contributed by atoms with Gasteiger partial charge in [-0.25, -0.2) is 0 Å². The quantitative estimate of drug-likeness (QED) is 0.784. The monoisotopic (exact) mass is 236 g/mol. The van der Waals surface area contributed by atoms with Crippen LogP contribution in [-0.2, 0) is 4.79 Å². The zero-order chi connectivity index (χ0) is 13.2. The maximum Gasteiger partial charge on any atom is 0.258 e. The highest BCUT2D eigenvalue weighted by molar-refractivity contribution is 5.78. The van der Waals surface area contributed by atoms with Crippen molar-refractivity contribution in [1.29, 1.82) is 0 Å². The number of nitrogen functional groups attached to an aromatic ring is 1. The Balaban J connectivity index is 3.12. The lowest BCUT2D eigenvalue weighted by Crippen LogP contribution is -2.31. The van der Waals surface area contributed by atoms with E-state index in [1.807, 2.05) is 32.9 Å². The van der Waals surface area contributed by atoms with E-state index in [0.29, 0.717) is 5.75 Å². The molecule has 4 N–H and O–H groups in total. The third-order valence-corrected chi connectivity index (χ3v) is 2.72. The van der Waals surface area contributed by atoms with Crippen molar-refractivity contribution in [3.05, 3.63) is 23.3 Å². The molecule has 0 saturated carbocycles. The van der Waals surface area contributed by atoms with Gasteiger partial charge in [-0.2, -0.15) is 0 Å². The van der Waals surface area contributed by atoms with Crippen molar-refractivity contribution >= 4 is 11.6 Å². The van der Waals surface area contributed by atoms with Crippen LogP contribution in [0.3, 0.4) is 0 Å². The largest absolute Gasteiger partial charge is 0.481 e. The van der Waals surface area contributed by atoms with Crippen molar-refractivity contribution in [2.45, 2.75) is 39.7 Å². The second kappa shape index (κ2) is 5.08. The number of carbonyl (C=O) groups excluding carboxylic acids is 1. The van der Waals surface area contributed by atoms with E-state index in [2.05, 4.69) is 0 Å². The summed E-state index contributed by atoms with van der Waals surface area (Å²) in [6, 6.07) is 3.74. The van der Waals surface area contributed by atoms with E-state index < -0.39 is 12.0 Å². The van der Waals surface area contributed by atoms with Crippen LogP contribution in [0.2, 0.25) is 0 Å². The Bertz CT molecular complexity index is 428. The summed E-state index contributed by atoms with van der Waals surface area (Å²) in [6.45, 7) is 7.64. The smallest absolute Gasteiger partial charge is 0.258 e. The molecule has 0 aromatic heterocycles. The Morgan fingerprint density at radius 1 is 1.29 bits per heavy atom. The van der Waals surface area contributed by atoms with Gasteiger partial charge in [0, 0.05) is 5.69 Å². The molecule has 0 heterocycles. The number of ether oxygens (including phenoxy) is 1. The molecule has 0 spiro atoms. The number of benzene rings is 1. The predicted octanol–water partition coefficient (Wildman–Crippen LogP) is 1.95. The number of anilines is 1. The fourth-order valence-corrected chi connectivity index (χ4v) is 1.52. The van der Waals surface area contributed by atoms with E-state index in [1.165, 1.54) is 0 Å². The van der Waals surface area contributed by atoms with Crippen molar-refractivity contribution in [1.82, 2.24) is 0 Å². The number of carbonyl (C=O) groups is 1. The lowest BCUT2D eigenvalue weighted by Gasteiger charge is -2.18. The van der Waals surface area contributed by atoms with Crippen LogP contribution in [0, 0.1) is 6.92 Å². The van der Waals surface area contributed by atoms with Crippen molar-refractivity contribution in [3.8, 4) is 5.75 Å². The second-order valence-electron chi connectivity index (χ2n) is 4.56. The lowest BCUT2D eigenvalue weighted by molar-refractivity contribution is -0.124. The Kier molecular flexibility index (Phi) is 3.99. The SMILES string of the molecule is Cc1cc(OC(C)C(N)=O)c(C(C)C)cc1N. The number of nitrogens with two attached hydrogens (primary N) is 2. The van der Waals surface area contributed by atoms with Crippen LogP contribution in [0.5, 0.6) is 5.75 Å². The Hall–Kier alpha value is -1.71. The minimum Gasteiger partial charge on any atom is -0.481 e. The molecule has 0 radical (unpaired) electrons. The topological polar surface area (TPSA) is 78.3 Å². The minimum absolute atomic E-state index is 0.271. The van der Waals surface area contributed by atoms with Gasteiger partial charge in [-0.1, -0.05) is 13.8 Å². The van der Waals surface area contributed by atoms with Gasteiger partial charge in [0.1, 0.15) is 5.75 Å². The number of hydrogen-bond acceptors (Lipinski definition) is 3. The summed E-state index contributed by atoms with van der Waals surface area (Å²) in [6.07, 6.45) is -0.643. The molecule has 0 aliphatic rings. The molecule has 0 aliphatic carbocycles. The first-order chi connectivity index (χ1) is 7.82. The molecule has 1 unspecified atom stereocenters. The molecule has 4 nitrogen and oxygen atoms in total. The summed E-state index contributed by atoms with van der Waals surface area (Å²) in [4.78, 5) is 11.0. The number of hydrogen-bond donors (Lipinski definition) is 2. The van der Waals surface area contributed by atoms with Crippen molar-refractivity contribution in [2.24, 2.45) is 5.73 Å². The fraction of sp³-hybridized carbons (Fsp3) is 0.462. The zero-order valence-electron chi connectivity index (χ0n) is 10.8. The first kappa shape index (κ1) is 13.4. The second-order valence-corrected chi connectivity index (χ2v) is 4.56. The average molecular weight is 236 g/mol. The van der Waals surface area contributed by atoms with Crippen LogP contribution in [0.25, 0.3) is 0 Å². The van der Waals surface area contributed by atoms with Gasteiger partial charge in [-0.05, 0) is 43.0 Å². The molecule has 0 aliphatic heterocycles. The van der Waals surface area contributed by atoms with Crippen LogP contribution in [0.15, 0.2) is 12.1 Å². The molecule has 17 heavy (non-hydrogen) atoms. The molecule has 4 heteroatoms.